The predicted octanol–water partition coefficient (Wildman–Crippen LogP) is 2.58. The van der Waals surface area contributed by atoms with Crippen LogP contribution in [0.5, 0.6) is 5.75 Å². The SMILES string of the molecule is COc1ccc2cccc(CC(=O)NC(C)CCn3cncn3)c2c1. The maximum absolute atomic E-state index is 12.4. The fourth-order valence-corrected chi connectivity index (χ4v) is 2.84. The summed E-state index contributed by atoms with van der Waals surface area (Å²) in [4.78, 5) is 16.3. The first-order valence-electron chi connectivity index (χ1n) is 8.33. The van der Waals surface area contributed by atoms with Gasteiger partial charge in [0.1, 0.15) is 18.4 Å². The van der Waals surface area contributed by atoms with Crippen LogP contribution in [0.4, 0.5) is 0 Å². The molecule has 1 amide bonds. The predicted molar refractivity (Wildman–Crippen MR) is 96.4 cm³/mol. The minimum Gasteiger partial charge on any atom is -0.497 e. The molecule has 0 fully saturated rings. The molecule has 1 unspecified atom stereocenters. The Hall–Kier alpha value is -2.89. The van der Waals surface area contributed by atoms with E-state index in [1.165, 1.54) is 6.33 Å². The van der Waals surface area contributed by atoms with E-state index < -0.39 is 0 Å². The van der Waals surface area contributed by atoms with Crippen LogP contribution in [0, 0.1) is 0 Å². The Balaban J connectivity index is 1.63. The highest BCUT2D eigenvalue weighted by Crippen LogP contribution is 2.24. The molecule has 0 saturated carbocycles. The number of rotatable bonds is 7. The molecule has 130 valence electrons. The van der Waals surface area contributed by atoms with Crippen molar-refractivity contribution in [1.82, 2.24) is 20.1 Å². The van der Waals surface area contributed by atoms with Crippen LogP contribution in [0.3, 0.4) is 0 Å². The van der Waals surface area contributed by atoms with Crippen molar-refractivity contribution in [2.45, 2.75) is 32.4 Å². The minimum absolute atomic E-state index is 0.0152. The fraction of sp³-hybridized carbons (Fsp3) is 0.316. The third-order valence-corrected chi connectivity index (χ3v) is 4.20. The second kappa shape index (κ2) is 7.79. The van der Waals surface area contributed by atoms with E-state index in [4.69, 9.17) is 4.74 Å². The first kappa shape index (κ1) is 17.0. The number of aromatic nitrogens is 3. The molecule has 25 heavy (non-hydrogen) atoms. The van der Waals surface area contributed by atoms with Crippen LogP contribution in [0.2, 0.25) is 0 Å². The molecule has 0 radical (unpaired) electrons. The molecule has 3 rings (SSSR count). The van der Waals surface area contributed by atoms with Gasteiger partial charge in [-0.2, -0.15) is 5.10 Å². The summed E-state index contributed by atoms with van der Waals surface area (Å²) in [5, 5.41) is 9.27. The average Bonchev–Trinajstić information content (AvgIpc) is 3.13. The molecule has 3 aromatic rings. The Morgan fingerprint density at radius 1 is 1.32 bits per heavy atom. The number of nitrogens with zero attached hydrogens (tertiary/aromatic N) is 3. The van der Waals surface area contributed by atoms with Crippen molar-refractivity contribution in [2.24, 2.45) is 0 Å². The summed E-state index contributed by atoms with van der Waals surface area (Å²) in [6, 6.07) is 12.0. The smallest absolute Gasteiger partial charge is 0.224 e. The Morgan fingerprint density at radius 3 is 2.96 bits per heavy atom. The van der Waals surface area contributed by atoms with Crippen molar-refractivity contribution < 1.29 is 9.53 Å². The number of fused-ring (bicyclic) bond motifs is 1. The first-order chi connectivity index (χ1) is 12.2. The van der Waals surface area contributed by atoms with Gasteiger partial charge in [0.25, 0.3) is 0 Å². The number of ether oxygens (including phenoxy) is 1. The maximum Gasteiger partial charge on any atom is 0.224 e. The van der Waals surface area contributed by atoms with Crippen LogP contribution in [0.1, 0.15) is 18.9 Å². The topological polar surface area (TPSA) is 69.0 Å². The van der Waals surface area contributed by atoms with Crippen molar-refractivity contribution in [3.05, 3.63) is 54.6 Å². The molecule has 0 spiro atoms. The van der Waals surface area contributed by atoms with Gasteiger partial charge in [-0.1, -0.05) is 24.3 Å². The molecule has 6 heteroatoms. The quantitative estimate of drug-likeness (QED) is 0.719. The number of hydrogen-bond acceptors (Lipinski definition) is 4. The highest BCUT2D eigenvalue weighted by Gasteiger charge is 2.11. The monoisotopic (exact) mass is 338 g/mol. The summed E-state index contributed by atoms with van der Waals surface area (Å²) >= 11 is 0. The molecule has 0 aliphatic carbocycles. The third kappa shape index (κ3) is 4.35. The largest absolute Gasteiger partial charge is 0.497 e. The van der Waals surface area contributed by atoms with E-state index in [9.17, 15) is 4.79 Å². The summed E-state index contributed by atoms with van der Waals surface area (Å²) in [5.41, 5.74) is 0.998. The lowest BCUT2D eigenvalue weighted by molar-refractivity contribution is -0.121. The van der Waals surface area contributed by atoms with Crippen molar-refractivity contribution >= 4 is 16.7 Å². The van der Waals surface area contributed by atoms with Crippen molar-refractivity contribution in [3.8, 4) is 5.75 Å². The summed E-state index contributed by atoms with van der Waals surface area (Å²) in [6.45, 7) is 2.73. The van der Waals surface area contributed by atoms with E-state index in [1.54, 1.807) is 18.1 Å². The van der Waals surface area contributed by atoms with Gasteiger partial charge in [-0.3, -0.25) is 9.48 Å². The molecule has 6 nitrogen and oxygen atoms in total. The van der Waals surface area contributed by atoms with Crippen LogP contribution >= 0.6 is 0 Å². The highest BCUT2D eigenvalue weighted by molar-refractivity contribution is 5.91. The Labute approximate surface area is 146 Å². The van der Waals surface area contributed by atoms with Crippen molar-refractivity contribution in [3.63, 3.8) is 0 Å². The molecular weight excluding hydrogens is 316 g/mol. The second-order valence-corrected chi connectivity index (χ2v) is 6.10. The zero-order chi connectivity index (χ0) is 17.6. The zero-order valence-corrected chi connectivity index (χ0v) is 14.5. The maximum atomic E-state index is 12.4. The van der Waals surface area contributed by atoms with Gasteiger partial charge in [-0.15, -0.1) is 0 Å². The summed E-state index contributed by atoms with van der Waals surface area (Å²) in [6.07, 6.45) is 4.34. The Kier molecular flexibility index (Phi) is 5.28. The Morgan fingerprint density at radius 2 is 2.20 bits per heavy atom. The minimum atomic E-state index is 0.0152. The van der Waals surface area contributed by atoms with Gasteiger partial charge >= 0.3 is 0 Å². The fourth-order valence-electron chi connectivity index (χ4n) is 2.84. The van der Waals surface area contributed by atoms with Crippen LogP contribution in [-0.4, -0.2) is 33.8 Å². The van der Waals surface area contributed by atoms with Crippen LogP contribution in [-0.2, 0) is 17.8 Å². The second-order valence-electron chi connectivity index (χ2n) is 6.10. The summed E-state index contributed by atoms with van der Waals surface area (Å²) < 4.78 is 7.06. The van der Waals surface area contributed by atoms with Gasteiger partial charge in [0.05, 0.1) is 13.5 Å². The molecule has 0 aliphatic rings. The highest BCUT2D eigenvalue weighted by atomic mass is 16.5. The molecule has 1 heterocycles. The first-order valence-corrected chi connectivity index (χ1v) is 8.33. The van der Waals surface area contributed by atoms with E-state index >= 15 is 0 Å². The number of hydrogen-bond donors (Lipinski definition) is 1. The standard InChI is InChI=1S/C19H22N4O2/c1-14(8-9-23-13-20-12-21-23)22-19(24)10-16-5-3-4-15-6-7-17(25-2)11-18(15)16/h3-7,11-14H,8-10H2,1-2H3,(H,22,24). The van der Waals surface area contributed by atoms with Crippen LogP contribution < -0.4 is 10.1 Å². The molecule has 0 bridgehead atoms. The van der Waals surface area contributed by atoms with Crippen molar-refractivity contribution in [2.75, 3.05) is 7.11 Å². The number of carbonyl (C=O) groups is 1. The number of carbonyl (C=O) groups excluding carboxylic acids is 1. The van der Waals surface area contributed by atoms with E-state index in [0.717, 1.165) is 35.1 Å². The molecule has 1 aromatic heterocycles. The van der Waals surface area contributed by atoms with Gasteiger partial charge < -0.3 is 10.1 Å². The molecule has 2 aromatic carbocycles. The Bertz CT molecular complexity index is 846. The van der Waals surface area contributed by atoms with E-state index in [1.807, 2.05) is 43.3 Å². The number of benzene rings is 2. The van der Waals surface area contributed by atoms with Gasteiger partial charge in [-0.05, 0) is 41.8 Å². The van der Waals surface area contributed by atoms with Gasteiger partial charge in [0.2, 0.25) is 5.91 Å². The van der Waals surface area contributed by atoms with E-state index in [2.05, 4.69) is 15.4 Å². The number of methoxy groups -OCH3 is 1. The van der Waals surface area contributed by atoms with Gasteiger partial charge in [-0.25, -0.2) is 4.98 Å². The molecular formula is C19H22N4O2. The van der Waals surface area contributed by atoms with Crippen LogP contribution in [0.25, 0.3) is 10.8 Å². The normalized spacial score (nSPS) is 12.1. The van der Waals surface area contributed by atoms with Gasteiger partial charge in [0, 0.05) is 12.6 Å². The van der Waals surface area contributed by atoms with Crippen LogP contribution in [0.15, 0.2) is 49.1 Å². The zero-order valence-electron chi connectivity index (χ0n) is 14.5. The summed E-state index contributed by atoms with van der Waals surface area (Å²) in [7, 11) is 1.65. The lowest BCUT2D eigenvalue weighted by Gasteiger charge is -2.14. The molecule has 1 N–H and O–H groups in total. The third-order valence-electron chi connectivity index (χ3n) is 4.20. The molecule has 0 saturated heterocycles. The molecule has 0 aliphatic heterocycles. The number of amides is 1. The number of nitrogens with one attached hydrogen (secondary N) is 1. The lowest BCUT2D eigenvalue weighted by Crippen LogP contribution is -2.34. The molecule has 1 atom stereocenters. The van der Waals surface area contributed by atoms with E-state index in [0.29, 0.717) is 6.42 Å². The van der Waals surface area contributed by atoms with Gasteiger partial charge in [0.15, 0.2) is 0 Å². The van der Waals surface area contributed by atoms with Crippen molar-refractivity contribution in [1.29, 1.82) is 0 Å². The lowest BCUT2D eigenvalue weighted by atomic mass is 10.0. The summed E-state index contributed by atoms with van der Waals surface area (Å²) in [5.74, 6) is 0.808. The number of aryl methyl sites for hydroxylation is 1. The van der Waals surface area contributed by atoms with E-state index in [-0.39, 0.29) is 11.9 Å². The average molecular weight is 338 g/mol.